The van der Waals surface area contributed by atoms with Crippen molar-refractivity contribution in [2.24, 2.45) is 0 Å². The van der Waals surface area contributed by atoms with E-state index in [4.69, 9.17) is 0 Å². The number of rotatable bonds is 4. The summed E-state index contributed by atoms with van der Waals surface area (Å²) in [4.78, 5) is 13.6. The highest BCUT2D eigenvalue weighted by molar-refractivity contribution is 5.86. The van der Waals surface area contributed by atoms with Crippen molar-refractivity contribution in [3.8, 4) is 11.1 Å². The normalized spacial score (nSPS) is 12.7. The van der Waals surface area contributed by atoms with Crippen molar-refractivity contribution in [1.29, 1.82) is 0 Å². The first-order chi connectivity index (χ1) is 12.8. The number of nitrogens with zero attached hydrogens (tertiary/aromatic N) is 4. The topological polar surface area (TPSA) is 95.3 Å². The van der Waals surface area contributed by atoms with E-state index in [1.807, 2.05) is 30.7 Å². The zero-order valence-corrected chi connectivity index (χ0v) is 19.2. The van der Waals surface area contributed by atoms with Crippen molar-refractivity contribution in [2.75, 3.05) is 31.1 Å². The van der Waals surface area contributed by atoms with E-state index in [-0.39, 0.29) is 54.0 Å². The molecule has 0 amide bonds. The van der Waals surface area contributed by atoms with E-state index in [1.165, 1.54) is 17.7 Å². The lowest BCUT2D eigenvalue weighted by Crippen LogP contribution is -2.46. The quantitative estimate of drug-likeness (QED) is 0.557. The van der Waals surface area contributed by atoms with E-state index in [0.717, 1.165) is 49.7 Å². The molecule has 1 saturated heterocycles. The summed E-state index contributed by atoms with van der Waals surface area (Å²) in [6.07, 6.45) is 5.59. The molecule has 31 heavy (non-hydrogen) atoms. The van der Waals surface area contributed by atoms with Gasteiger partial charge in [-0.05, 0) is 41.5 Å². The second kappa shape index (κ2) is 14.9. The average Bonchev–Trinajstić information content (AvgIpc) is 2.70. The number of hydrogen-bond donors (Lipinski definition) is 0. The SMILES string of the molecule is Cl.Cl.Cl.Fc1ccc(-c2cncc(CN3CCN(c4ccccn4)CC3)c2)cc1.O.O. The Kier molecular flexibility index (Phi) is 15.0. The van der Waals surface area contributed by atoms with Crippen LogP contribution in [0.25, 0.3) is 11.1 Å². The van der Waals surface area contributed by atoms with Gasteiger partial charge in [0.25, 0.3) is 0 Å². The summed E-state index contributed by atoms with van der Waals surface area (Å²) < 4.78 is 13.1. The molecule has 1 aliphatic heterocycles. The van der Waals surface area contributed by atoms with Gasteiger partial charge in [0, 0.05) is 56.9 Å². The van der Waals surface area contributed by atoms with E-state index in [0.29, 0.717) is 0 Å². The Morgan fingerprint density at radius 3 is 2.10 bits per heavy atom. The van der Waals surface area contributed by atoms with Crippen LogP contribution in [0, 0.1) is 5.82 Å². The van der Waals surface area contributed by atoms with Crippen LogP contribution in [0.5, 0.6) is 0 Å². The highest BCUT2D eigenvalue weighted by Crippen LogP contribution is 2.21. The van der Waals surface area contributed by atoms with Gasteiger partial charge in [-0.25, -0.2) is 9.37 Å². The fourth-order valence-electron chi connectivity index (χ4n) is 3.31. The van der Waals surface area contributed by atoms with Crippen molar-refractivity contribution < 1.29 is 15.3 Å². The Morgan fingerprint density at radius 1 is 0.806 bits per heavy atom. The molecule has 2 aromatic heterocycles. The summed E-state index contributed by atoms with van der Waals surface area (Å²) >= 11 is 0. The molecular weight excluding hydrogens is 466 g/mol. The van der Waals surface area contributed by atoms with Crippen molar-refractivity contribution in [2.45, 2.75) is 6.54 Å². The molecule has 1 aliphatic rings. The standard InChI is InChI=1S/C21H21FN4.3ClH.2H2O/c22-20-6-4-18(5-7-20)19-13-17(14-23-15-19)16-25-9-11-26(12-10-25)21-3-1-2-8-24-21;;;;;/h1-8,13-15H,9-12,16H2;3*1H;2*1H2. The van der Waals surface area contributed by atoms with Gasteiger partial charge in [-0.1, -0.05) is 18.2 Å². The molecule has 3 aromatic rings. The number of anilines is 1. The second-order valence-corrected chi connectivity index (χ2v) is 6.54. The van der Waals surface area contributed by atoms with E-state index < -0.39 is 0 Å². The Hall–Kier alpha value is -2.00. The van der Waals surface area contributed by atoms with Crippen LogP contribution in [-0.2, 0) is 6.54 Å². The smallest absolute Gasteiger partial charge is 0.128 e. The zero-order valence-electron chi connectivity index (χ0n) is 16.8. The predicted octanol–water partition coefficient (Wildman–Crippen LogP) is 3.22. The fraction of sp³-hybridized carbons (Fsp3) is 0.238. The van der Waals surface area contributed by atoms with Gasteiger partial charge in [0.05, 0.1) is 0 Å². The van der Waals surface area contributed by atoms with Gasteiger partial charge >= 0.3 is 0 Å². The first kappa shape index (κ1) is 31.2. The van der Waals surface area contributed by atoms with Crippen molar-refractivity contribution in [1.82, 2.24) is 14.9 Å². The third-order valence-corrected chi connectivity index (χ3v) is 4.72. The summed E-state index contributed by atoms with van der Waals surface area (Å²) in [7, 11) is 0. The van der Waals surface area contributed by atoms with Crippen LogP contribution in [0.15, 0.2) is 67.1 Å². The predicted molar refractivity (Wildman–Crippen MR) is 130 cm³/mol. The maximum atomic E-state index is 13.1. The summed E-state index contributed by atoms with van der Waals surface area (Å²) in [5, 5.41) is 0. The van der Waals surface area contributed by atoms with Gasteiger partial charge in [0.1, 0.15) is 11.6 Å². The van der Waals surface area contributed by atoms with E-state index in [9.17, 15) is 4.39 Å². The molecule has 6 nitrogen and oxygen atoms in total. The maximum absolute atomic E-state index is 13.1. The third kappa shape index (κ3) is 8.22. The van der Waals surface area contributed by atoms with E-state index in [2.05, 4.69) is 31.9 Å². The third-order valence-electron chi connectivity index (χ3n) is 4.72. The number of benzene rings is 1. The zero-order chi connectivity index (χ0) is 17.8. The minimum Gasteiger partial charge on any atom is -0.412 e. The minimum absolute atomic E-state index is 0. The largest absolute Gasteiger partial charge is 0.412 e. The number of hydrogen-bond acceptors (Lipinski definition) is 4. The number of pyridine rings is 2. The second-order valence-electron chi connectivity index (χ2n) is 6.54. The molecule has 0 radical (unpaired) electrons. The molecule has 3 heterocycles. The highest BCUT2D eigenvalue weighted by atomic mass is 35.5. The lowest BCUT2D eigenvalue weighted by atomic mass is 10.1. The van der Waals surface area contributed by atoms with Crippen LogP contribution >= 0.6 is 37.2 Å². The summed E-state index contributed by atoms with van der Waals surface area (Å²) in [5.41, 5.74) is 3.19. The van der Waals surface area contributed by atoms with Gasteiger partial charge in [0.15, 0.2) is 0 Å². The molecule has 0 atom stereocenters. The highest BCUT2D eigenvalue weighted by Gasteiger charge is 2.18. The molecule has 172 valence electrons. The van der Waals surface area contributed by atoms with E-state index in [1.54, 1.807) is 12.1 Å². The average molecular weight is 494 g/mol. The molecule has 1 aromatic carbocycles. The molecular formula is C21H28Cl3FN4O2. The van der Waals surface area contributed by atoms with Gasteiger partial charge in [-0.15, -0.1) is 37.2 Å². The van der Waals surface area contributed by atoms with Gasteiger partial charge in [0.2, 0.25) is 0 Å². The van der Waals surface area contributed by atoms with E-state index >= 15 is 0 Å². The molecule has 0 aliphatic carbocycles. The van der Waals surface area contributed by atoms with Crippen molar-refractivity contribution in [3.05, 3.63) is 78.5 Å². The van der Waals surface area contributed by atoms with Crippen LogP contribution in [0.1, 0.15) is 5.56 Å². The molecule has 4 N–H and O–H groups in total. The maximum Gasteiger partial charge on any atom is 0.128 e. The van der Waals surface area contributed by atoms with Crippen LogP contribution in [0.2, 0.25) is 0 Å². The lowest BCUT2D eigenvalue weighted by Gasteiger charge is -2.35. The minimum atomic E-state index is -0.219. The first-order valence-electron chi connectivity index (χ1n) is 8.86. The molecule has 0 bridgehead atoms. The Balaban J connectivity index is 0. The Labute approximate surface area is 200 Å². The number of halogens is 4. The van der Waals surface area contributed by atoms with Crippen LogP contribution < -0.4 is 4.90 Å². The summed E-state index contributed by atoms with van der Waals surface area (Å²) in [6, 6.07) is 14.7. The molecule has 0 saturated carbocycles. The molecule has 1 fully saturated rings. The molecule has 0 spiro atoms. The van der Waals surface area contributed by atoms with Crippen molar-refractivity contribution >= 4 is 43.0 Å². The fourth-order valence-corrected chi connectivity index (χ4v) is 3.31. The van der Waals surface area contributed by atoms with Gasteiger partial charge < -0.3 is 15.9 Å². The summed E-state index contributed by atoms with van der Waals surface area (Å²) in [5.74, 6) is 0.829. The Bertz CT molecular complexity index is 868. The molecule has 0 unspecified atom stereocenters. The lowest BCUT2D eigenvalue weighted by molar-refractivity contribution is 0.249. The first-order valence-corrected chi connectivity index (χ1v) is 8.86. The van der Waals surface area contributed by atoms with Crippen LogP contribution in [0.4, 0.5) is 10.2 Å². The summed E-state index contributed by atoms with van der Waals surface area (Å²) in [6.45, 7) is 4.82. The Morgan fingerprint density at radius 2 is 1.48 bits per heavy atom. The van der Waals surface area contributed by atoms with Crippen molar-refractivity contribution in [3.63, 3.8) is 0 Å². The van der Waals surface area contributed by atoms with Gasteiger partial charge in [-0.2, -0.15) is 0 Å². The molecule has 10 heteroatoms. The number of aromatic nitrogens is 2. The molecule has 4 rings (SSSR count). The van der Waals surface area contributed by atoms with Gasteiger partial charge in [-0.3, -0.25) is 9.88 Å². The van der Waals surface area contributed by atoms with Crippen LogP contribution in [0.3, 0.4) is 0 Å². The monoisotopic (exact) mass is 492 g/mol. The number of piperazine rings is 1. The van der Waals surface area contributed by atoms with Crippen LogP contribution in [-0.4, -0.2) is 52.0 Å².